The van der Waals surface area contributed by atoms with Gasteiger partial charge in [0.15, 0.2) is 0 Å². The van der Waals surface area contributed by atoms with Crippen LogP contribution in [0.5, 0.6) is 0 Å². The second-order valence-electron chi connectivity index (χ2n) is 5.82. The van der Waals surface area contributed by atoms with Gasteiger partial charge in [0.05, 0.1) is 12.3 Å². The van der Waals surface area contributed by atoms with Crippen LogP contribution >= 0.6 is 0 Å². The van der Waals surface area contributed by atoms with E-state index in [2.05, 4.69) is 41.9 Å². The van der Waals surface area contributed by atoms with Crippen molar-refractivity contribution in [3.05, 3.63) is 17.5 Å². The van der Waals surface area contributed by atoms with Gasteiger partial charge in [-0.1, -0.05) is 0 Å². The Labute approximate surface area is 110 Å². The fourth-order valence-corrected chi connectivity index (χ4v) is 2.42. The normalized spacial score (nSPS) is 18.9. The van der Waals surface area contributed by atoms with Gasteiger partial charge in [0.25, 0.3) is 0 Å². The topological polar surface area (TPSA) is 39.1 Å². The highest BCUT2D eigenvalue weighted by Gasteiger charge is 2.43. The van der Waals surface area contributed by atoms with Crippen LogP contribution in [0.3, 0.4) is 0 Å². The Morgan fingerprint density at radius 2 is 2.22 bits per heavy atom. The summed E-state index contributed by atoms with van der Waals surface area (Å²) in [6, 6.07) is 2.57. The van der Waals surface area contributed by atoms with Gasteiger partial charge in [-0.05, 0) is 39.7 Å². The largest absolute Gasteiger partial charge is 0.383 e. The lowest BCUT2D eigenvalue weighted by Crippen LogP contribution is -2.36. The van der Waals surface area contributed by atoms with Crippen LogP contribution in [-0.2, 0) is 11.3 Å². The molecule has 1 N–H and O–H groups in total. The first-order valence-corrected chi connectivity index (χ1v) is 6.78. The van der Waals surface area contributed by atoms with Crippen LogP contribution in [0.25, 0.3) is 0 Å². The quantitative estimate of drug-likeness (QED) is 0.804. The third-order valence-corrected chi connectivity index (χ3v) is 3.79. The number of nitrogens with zero attached hydrogens (tertiary/aromatic N) is 2. The zero-order valence-corrected chi connectivity index (χ0v) is 12.0. The average molecular weight is 251 g/mol. The first-order valence-electron chi connectivity index (χ1n) is 6.78. The maximum atomic E-state index is 5.15. The molecule has 1 fully saturated rings. The predicted molar refractivity (Wildman–Crippen MR) is 72.7 cm³/mol. The molecule has 1 aromatic heterocycles. The Bertz CT molecular complexity index is 396. The standard InChI is InChI=1S/C14H25N3O/c1-11-7-13(3)17(16-11)10-14(5-6-14)9-15-12(2)8-18-4/h7,12,15H,5-6,8-10H2,1-4H3. The van der Waals surface area contributed by atoms with Gasteiger partial charge in [-0.25, -0.2) is 0 Å². The molecule has 0 bridgehead atoms. The molecule has 0 aromatic carbocycles. The van der Waals surface area contributed by atoms with E-state index in [1.165, 1.54) is 18.5 Å². The lowest BCUT2D eigenvalue weighted by atomic mass is 10.1. The highest BCUT2D eigenvalue weighted by Crippen LogP contribution is 2.46. The van der Waals surface area contributed by atoms with Gasteiger partial charge in [-0.3, -0.25) is 4.68 Å². The van der Waals surface area contributed by atoms with Crippen molar-refractivity contribution < 1.29 is 4.74 Å². The van der Waals surface area contributed by atoms with Gasteiger partial charge >= 0.3 is 0 Å². The van der Waals surface area contributed by atoms with E-state index in [1.54, 1.807) is 7.11 Å². The summed E-state index contributed by atoms with van der Waals surface area (Å²) in [5.41, 5.74) is 2.80. The third kappa shape index (κ3) is 3.33. The summed E-state index contributed by atoms with van der Waals surface area (Å²) in [5, 5.41) is 8.13. The van der Waals surface area contributed by atoms with Gasteiger partial charge in [-0.15, -0.1) is 0 Å². The minimum Gasteiger partial charge on any atom is -0.383 e. The molecule has 4 heteroatoms. The molecule has 1 aliphatic rings. The summed E-state index contributed by atoms with van der Waals surface area (Å²) in [6.45, 7) is 9.24. The summed E-state index contributed by atoms with van der Waals surface area (Å²) in [4.78, 5) is 0. The van der Waals surface area contributed by atoms with Crippen molar-refractivity contribution in [2.45, 2.75) is 46.2 Å². The van der Waals surface area contributed by atoms with Crippen LogP contribution < -0.4 is 5.32 Å². The number of aromatic nitrogens is 2. The fourth-order valence-electron chi connectivity index (χ4n) is 2.42. The van der Waals surface area contributed by atoms with E-state index in [-0.39, 0.29) is 0 Å². The van der Waals surface area contributed by atoms with E-state index < -0.39 is 0 Å². The number of nitrogens with one attached hydrogen (secondary N) is 1. The molecule has 0 amide bonds. The van der Waals surface area contributed by atoms with Crippen LogP contribution in [0.1, 0.15) is 31.2 Å². The Morgan fingerprint density at radius 1 is 1.50 bits per heavy atom. The molecule has 0 radical (unpaired) electrons. The van der Waals surface area contributed by atoms with Crippen molar-refractivity contribution in [2.75, 3.05) is 20.3 Å². The van der Waals surface area contributed by atoms with Gasteiger partial charge in [-0.2, -0.15) is 5.10 Å². The predicted octanol–water partition coefficient (Wildman–Crippen LogP) is 1.90. The van der Waals surface area contributed by atoms with Crippen LogP contribution in [0.4, 0.5) is 0 Å². The van der Waals surface area contributed by atoms with E-state index in [1.807, 2.05) is 0 Å². The SMILES string of the molecule is COCC(C)NCC1(Cn2nc(C)cc2C)CC1. The summed E-state index contributed by atoms with van der Waals surface area (Å²) < 4.78 is 7.31. The first kappa shape index (κ1) is 13.6. The number of methoxy groups -OCH3 is 1. The summed E-state index contributed by atoms with van der Waals surface area (Å²) >= 11 is 0. The molecule has 1 aromatic rings. The van der Waals surface area contributed by atoms with Gasteiger partial charge < -0.3 is 10.1 Å². The molecule has 0 saturated heterocycles. The van der Waals surface area contributed by atoms with Gasteiger partial charge in [0, 0.05) is 37.4 Å². The molecule has 2 rings (SSSR count). The van der Waals surface area contributed by atoms with Crippen molar-refractivity contribution in [1.82, 2.24) is 15.1 Å². The van der Waals surface area contributed by atoms with Crippen molar-refractivity contribution in [3.8, 4) is 0 Å². The third-order valence-electron chi connectivity index (χ3n) is 3.79. The van der Waals surface area contributed by atoms with Crippen LogP contribution in [-0.4, -0.2) is 36.1 Å². The smallest absolute Gasteiger partial charge is 0.0613 e. The second kappa shape index (κ2) is 5.41. The van der Waals surface area contributed by atoms with Crippen LogP contribution in [0.15, 0.2) is 6.07 Å². The molecule has 1 atom stereocenters. The van der Waals surface area contributed by atoms with Crippen LogP contribution in [0.2, 0.25) is 0 Å². The molecular formula is C14H25N3O. The number of rotatable bonds is 7. The van der Waals surface area contributed by atoms with Crippen LogP contribution in [0, 0.1) is 19.3 Å². The number of hydrogen-bond acceptors (Lipinski definition) is 3. The number of ether oxygens (including phenoxy) is 1. The fraction of sp³-hybridized carbons (Fsp3) is 0.786. The summed E-state index contributed by atoms with van der Waals surface area (Å²) in [7, 11) is 1.75. The monoisotopic (exact) mass is 251 g/mol. The minimum atomic E-state index is 0.422. The molecule has 1 aliphatic carbocycles. The maximum absolute atomic E-state index is 5.15. The maximum Gasteiger partial charge on any atom is 0.0613 e. The second-order valence-corrected chi connectivity index (χ2v) is 5.82. The Balaban J connectivity index is 1.86. The molecule has 0 spiro atoms. The highest BCUT2D eigenvalue weighted by atomic mass is 16.5. The number of aryl methyl sites for hydroxylation is 2. The van der Waals surface area contributed by atoms with Crippen molar-refractivity contribution in [3.63, 3.8) is 0 Å². The van der Waals surface area contributed by atoms with Crippen molar-refractivity contribution in [2.24, 2.45) is 5.41 Å². The lowest BCUT2D eigenvalue weighted by Gasteiger charge is -2.20. The van der Waals surface area contributed by atoms with Gasteiger partial charge in [0.2, 0.25) is 0 Å². The number of hydrogen-bond donors (Lipinski definition) is 1. The molecule has 1 heterocycles. The molecular weight excluding hydrogens is 226 g/mol. The average Bonchev–Trinajstić information content (AvgIpc) is 2.99. The van der Waals surface area contributed by atoms with Gasteiger partial charge in [0.1, 0.15) is 0 Å². The Kier molecular flexibility index (Phi) is 4.07. The van der Waals surface area contributed by atoms with E-state index >= 15 is 0 Å². The van der Waals surface area contributed by atoms with E-state index in [0.717, 1.165) is 25.4 Å². The van der Waals surface area contributed by atoms with Crippen molar-refractivity contribution in [1.29, 1.82) is 0 Å². The minimum absolute atomic E-state index is 0.422. The molecule has 18 heavy (non-hydrogen) atoms. The van der Waals surface area contributed by atoms with Crippen molar-refractivity contribution >= 4 is 0 Å². The summed E-state index contributed by atoms with van der Waals surface area (Å²) in [5.74, 6) is 0. The lowest BCUT2D eigenvalue weighted by molar-refractivity contribution is 0.167. The molecule has 102 valence electrons. The highest BCUT2D eigenvalue weighted by molar-refractivity contribution is 5.08. The summed E-state index contributed by atoms with van der Waals surface area (Å²) in [6.07, 6.45) is 2.61. The first-order chi connectivity index (χ1) is 8.54. The molecule has 0 aliphatic heterocycles. The van der Waals surface area contributed by atoms with E-state index in [4.69, 9.17) is 4.74 Å². The Morgan fingerprint density at radius 3 is 2.72 bits per heavy atom. The van der Waals surface area contributed by atoms with E-state index in [9.17, 15) is 0 Å². The Hall–Kier alpha value is -0.870. The molecule has 1 unspecified atom stereocenters. The molecule has 1 saturated carbocycles. The molecule has 4 nitrogen and oxygen atoms in total. The van der Waals surface area contributed by atoms with E-state index in [0.29, 0.717) is 11.5 Å². The zero-order valence-electron chi connectivity index (χ0n) is 12.0. The zero-order chi connectivity index (χ0) is 13.2.